The molecule has 0 amide bonds. The van der Waals surface area contributed by atoms with E-state index in [2.05, 4.69) is 24.6 Å². The molecule has 0 saturated heterocycles. The Morgan fingerprint density at radius 2 is 1.84 bits per heavy atom. The van der Waals surface area contributed by atoms with Gasteiger partial charge in [-0.3, -0.25) is 0 Å². The quantitative estimate of drug-likeness (QED) is 0.877. The molecule has 1 rings (SSSR count). The van der Waals surface area contributed by atoms with Crippen molar-refractivity contribution in [3.8, 4) is 0 Å². The van der Waals surface area contributed by atoms with Crippen LogP contribution in [0.1, 0.15) is 51.8 Å². The SMILES string of the molecule is Cc1cc([C@H](NS(=O)C(C)(C)C)C(C)C)ccc1Cl. The van der Waals surface area contributed by atoms with Crippen LogP contribution in [0.25, 0.3) is 0 Å². The molecule has 2 atom stereocenters. The second kappa shape index (κ2) is 6.38. The van der Waals surface area contributed by atoms with Gasteiger partial charge in [0.05, 0.1) is 15.7 Å². The van der Waals surface area contributed by atoms with Crippen LogP contribution in [-0.2, 0) is 11.0 Å². The van der Waals surface area contributed by atoms with E-state index in [1.54, 1.807) is 0 Å². The third-order valence-electron chi connectivity index (χ3n) is 3.00. The molecule has 1 unspecified atom stereocenters. The highest BCUT2D eigenvalue weighted by Crippen LogP contribution is 2.27. The fraction of sp³-hybridized carbons (Fsp3) is 0.600. The van der Waals surface area contributed by atoms with Gasteiger partial charge < -0.3 is 0 Å². The summed E-state index contributed by atoms with van der Waals surface area (Å²) in [4.78, 5) is 0. The summed E-state index contributed by atoms with van der Waals surface area (Å²) in [5.74, 6) is 0.354. The highest BCUT2D eigenvalue weighted by atomic mass is 35.5. The van der Waals surface area contributed by atoms with E-state index in [4.69, 9.17) is 11.6 Å². The maximum absolute atomic E-state index is 12.3. The highest BCUT2D eigenvalue weighted by molar-refractivity contribution is 7.84. The lowest BCUT2D eigenvalue weighted by Gasteiger charge is -2.27. The molecule has 19 heavy (non-hydrogen) atoms. The van der Waals surface area contributed by atoms with Gasteiger partial charge in [0, 0.05) is 11.1 Å². The molecule has 1 N–H and O–H groups in total. The molecule has 1 aromatic rings. The Labute approximate surface area is 124 Å². The Morgan fingerprint density at radius 1 is 1.26 bits per heavy atom. The number of hydrogen-bond donors (Lipinski definition) is 1. The number of rotatable bonds is 4. The van der Waals surface area contributed by atoms with Crippen LogP contribution >= 0.6 is 11.6 Å². The van der Waals surface area contributed by atoms with Gasteiger partial charge in [0.2, 0.25) is 0 Å². The van der Waals surface area contributed by atoms with Crippen molar-refractivity contribution in [1.29, 1.82) is 0 Å². The predicted octanol–water partition coefficient (Wildman–Crippen LogP) is 4.40. The maximum Gasteiger partial charge on any atom is 0.0976 e. The van der Waals surface area contributed by atoms with Gasteiger partial charge in [0.1, 0.15) is 0 Å². The fourth-order valence-electron chi connectivity index (χ4n) is 1.74. The summed E-state index contributed by atoms with van der Waals surface area (Å²) >= 11 is 6.06. The average Bonchev–Trinajstić information content (AvgIpc) is 2.27. The zero-order chi connectivity index (χ0) is 14.8. The Bertz CT molecular complexity index is 466. The van der Waals surface area contributed by atoms with E-state index in [-0.39, 0.29) is 10.8 Å². The van der Waals surface area contributed by atoms with E-state index < -0.39 is 11.0 Å². The van der Waals surface area contributed by atoms with Crippen LogP contribution in [-0.4, -0.2) is 8.96 Å². The van der Waals surface area contributed by atoms with E-state index in [0.29, 0.717) is 5.92 Å². The van der Waals surface area contributed by atoms with Gasteiger partial charge in [-0.2, -0.15) is 0 Å². The van der Waals surface area contributed by atoms with Crippen LogP contribution in [0.5, 0.6) is 0 Å². The number of benzene rings is 1. The third kappa shape index (κ3) is 4.59. The second-order valence-corrected chi connectivity index (χ2v) is 8.63. The normalized spacial score (nSPS) is 15.6. The summed E-state index contributed by atoms with van der Waals surface area (Å²) in [5.41, 5.74) is 2.18. The van der Waals surface area contributed by atoms with Crippen LogP contribution in [0, 0.1) is 12.8 Å². The first kappa shape index (κ1) is 16.7. The van der Waals surface area contributed by atoms with E-state index in [1.165, 1.54) is 0 Å². The van der Waals surface area contributed by atoms with Crippen LogP contribution in [0.4, 0.5) is 0 Å². The van der Waals surface area contributed by atoms with Crippen molar-refractivity contribution in [1.82, 2.24) is 4.72 Å². The summed E-state index contributed by atoms with van der Waals surface area (Å²) in [6, 6.07) is 6.05. The number of aryl methyl sites for hydroxylation is 1. The fourth-order valence-corrected chi connectivity index (χ4v) is 2.85. The average molecular weight is 302 g/mol. The van der Waals surface area contributed by atoms with E-state index in [9.17, 15) is 4.21 Å². The van der Waals surface area contributed by atoms with Crippen LogP contribution < -0.4 is 4.72 Å². The summed E-state index contributed by atoms with van der Waals surface area (Å²) in [7, 11) is -1.08. The monoisotopic (exact) mass is 301 g/mol. The van der Waals surface area contributed by atoms with Gasteiger partial charge in [0.25, 0.3) is 0 Å². The van der Waals surface area contributed by atoms with Gasteiger partial charge in [0.15, 0.2) is 0 Å². The largest absolute Gasteiger partial charge is 0.242 e. The minimum absolute atomic E-state index is 0.0658. The molecular formula is C15H24ClNOS. The number of hydrogen-bond acceptors (Lipinski definition) is 1. The Balaban J connectivity index is 3.01. The smallest absolute Gasteiger partial charge is 0.0976 e. The minimum atomic E-state index is -1.08. The van der Waals surface area contributed by atoms with Gasteiger partial charge in [-0.25, -0.2) is 8.93 Å². The maximum atomic E-state index is 12.3. The second-order valence-electron chi connectivity index (χ2n) is 6.23. The lowest BCUT2D eigenvalue weighted by atomic mass is 9.96. The molecule has 0 saturated carbocycles. The summed E-state index contributed by atoms with van der Waals surface area (Å²) in [5, 5.41) is 0.767. The third-order valence-corrected chi connectivity index (χ3v) is 5.00. The van der Waals surface area contributed by atoms with Gasteiger partial charge in [-0.05, 0) is 50.8 Å². The first-order valence-electron chi connectivity index (χ1n) is 6.57. The molecule has 108 valence electrons. The molecule has 4 heteroatoms. The Hall–Kier alpha value is -0.380. The molecule has 0 aliphatic rings. The van der Waals surface area contributed by atoms with Gasteiger partial charge in [-0.15, -0.1) is 0 Å². The molecule has 0 aliphatic carbocycles. The molecule has 0 bridgehead atoms. The van der Waals surface area contributed by atoms with Gasteiger partial charge in [-0.1, -0.05) is 37.6 Å². The standard InChI is InChI=1S/C15H24ClNOS/c1-10(2)14(17-19(18)15(4,5)6)12-7-8-13(16)11(3)9-12/h7-10,14,17H,1-6H3/t14-,19?/m1/s1. The van der Waals surface area contributed by atoms with Crippen molar-refractivity contribution in [2.75, 3.05) is 0 Å². The Morgan fingerprint density at radius 3 is 2.26 bits per heavy atom. The van der Waals surface area contributed by atoms with Crippen molar-refractivity contribution in [2.45, 2.75) is 52.3 Å². The molecule has 0 heterocycles. The van der Waals surface area contributed by atoms with Gasteiger partial charge >= 0.3 is 0 Å². The molecule has 0 fully saturated rings. The minimum Gasteiger partial charge on any atom is -0.242 e. The first-order chi connectivity index (χ1) is 8.62. The molecule has 0 aromatic heterocycles. The molecule has 0 aliphatic heterocycles. The molecular weight excluding hydrogens is 278 g/mol. The molecule has 0 spiro atoms. The Kier molecular flexibility index (Phi) is 5.60. The molecule has 0 radical (unpaired) electrons. The van der Waals surface area contributed by atoms with Crippen LogP contribution in [0.15, 0.2) is 18.2 Å². The summed E-state index contributed by atoms with van der Waals surface area (Å²) < 4.78 is 15.3. The van der Waals surface area contributed by atoms with Crippen LogP contribution in [0.2, 0.25) is 5.02 Å². The number of nitrogens with one attached hydrogen (secondary N) is 1. The lowest BCUT2D eigenvalue weighted by molar-refractivity contribution is 0.473. The van der Waals surface area contributed by atoms with Crippen molar-refractivity contribution in [2.24, 2.45) is 5.92 Å². The number of halogens is 1. The van der Waals surface area contributed by atoms with Crippen molar-refractivity contribution in [3.63, 3.8) is 0 Å². The molecule has 1 aromatic carbocycles. The van der Waals surface area contributed by atoms with E-state index >= 15 is 0 Å². The predicted molar refractivity (Wildman–Crippen MR) is 84.8 cm³/mol. The first-order valence-corrected chi connectivity index (χ1v) is 8.10. The molecule has 2 nitrogen and oxygen atoms in total. The summed E-state index contributed by atoms with van der Waals surface area (Å²) in [6.07, 6.45) is 0. The topological polar surface area (TPSA) is 29.1 Å². The van der Waals surface area contributed by atoms with Crippen molar-refractivity contribution < 1.29 is 4.21 Å². The highest BCUT2D eigenvalue weighted by Gasteiger charge is 2.25. The van der Waals surface area contributed by atoms with E-state index in [0.717, 1.165) is 16.1 Å². The van der Waals surface area contributed by atoms with Crippen LogP contribution in [0.3, 0.4) is 0 Å². The summed E-state index contributed by atoms with van der Waals surface area (Å²) in [6.45, 7) is 12.2. The van der Waals surface area contributed by atoms with Crippen molar-refractivity contribution in [3.05, 3.63) is 34.3 Å². The van der Waals surface area contributed by atoms with Crippen molar-refractivity contribution >= 4 is 22.6 Å². The zero-order valence-electron chi connectivity index (χ0n) is 12.6. The van der Waals surface area contributed by atoms with E-state index in [1.807, 2.05) is 39.8 Å². The lowest BCUT2D eigenvalue weighted by Crippen LogP contribution is -2.37. The zero-order valence-corrected chi connectivity index (χ0v) is 14.2.